The van der Waals surface area contributed by atoms with Crippen LogP contribution in [0.2, 0.25) is 0 Å². The normalized spacial score (nSPS) is 11.0. The lowest BCUT2D eigenvalue weighted by Crippen LogP contribution is -2.16. The number of hydrogen-bond donors (Lipinski definition) is 0. The molecule has 27 heavy (non-hydrogen) atoms. The van der Waals surface area contributed by atoms with Gasteiger partial charge in [-0.05, 0) is 39.2 Å². The molecular formula is C19H22N4O3S. The summed E-state index contributed by atoms with van der Waals surface area (Å²) in [5, 5.41) is 5.04. The van der Waals surface area contributed by atoms with Crippen molar-refractivity contribution in [2.24, 2.45) is 0 Å². The van der Waals surface area contributed by atoms with Gasteiger partial charge in [0.05, 0.1) is 6.42 Å². The molecule has 8 heteroatoms. The van der Waals surface area contributed by atoms with Gasteiger partial charge in [0.2, 0.25) is 5.16 Å². The molecule has 0 bridgehead atoms. The summed E-state index contributed by atoms with van der Waals surface area (Å²) in [5.74, 6) is 0.979. The SMILES string of the molecule is CSc1nc2nc(C)c(CC(=O)OCCOc3ccc(C)cc3)c(C)n2n1. The van der Waals surface area contributed by atoms with Gasteiger partial charge in [0, 0.05) is 17.0 Å². The molecule has 0 atom stereocenters. The molecule has 3 rings (SSSR count). The van der Waals surface area contributed by atoms with Gasteiger partial charge in [-0.1, -0.05) is 29.5 Å². The fourth-order valence-corrected chi connectivity index (χ4v) is 3.01. The van der Waals surface area contributed by atoms with Crippen molar-refractivity contribution in [1.82, 2.24) is 19.6 Å². The Hall–Kier alpha value is -2.61. The molecule has 0 aliphatic rings. The first kappa shape index (κ1) is 19.2. The van der Waals surface area contributed by atoms with Crippen LogP contribution >= 0.6 is 11.8 Å². The van der Waals surface area contributed by atoms with Crippen LogP contribution in [0.5, 0.6) is 5.75 Å². The molecule has 0 N–H and O–H groups in total. The minimum Gasteiger partial charge on any atom is -0.490 e. The molecule has 0 radical (unpaired) electrons. The Morgan fingerprint density at radius 3 is 2.56 bits per heavy atom. The summed E-state index contributed by atoms with van der Waals surface area (Å²) < 4.78 is 12.5. The van der Waals surface area contributed by atoms with Gasteiger partial charge in [-0.3, -0.25) is 4.79 Å². The first-order valence-electron chi connectivity index (χ1n) is 8.60. The maximum atomic E-state index is 12.2. The fourth-order valence-electron chi connectivity index (χ4n) is 2.68. The molecule has 0 aliphatic heterocycles. The molecule has 142 valence electrons. The molecule has 0 aliphatic carbocycles. The number of hydrogen-bond acceptors (Lipinski definition) is 7. The maximum Gasteiger partial charge on any atom is 0.310 e. The summed E-state index contributed by atoms with van der Waals surface area (Å²) in [6.07, 6.45) is 2.05. The van der Waals surface area contributed by atoms with Gasteiger partial charge in [-0.15, -0.1) is 5.10 Å². The van der Waals surface area contributed by atoms with E-state index in [-0.39, 0.29) is 19.0 Å². The van der Waals surface area contributed by atoms with Gasteiger partial charge >= 0.3 is 5.97 Å². The zero-order chi connectivity index (χ0) is 19.4. The molecule has 0 unspecified atom stereocenters. The summed E-state index contributed by atoms with van der Waals surface area (Å²) in [5.41, 5.74) is 3.58. The molecule has 0 saturated carbocycles. The molecule has 1 aromatic carbocycles. The number of aryl methyl sites for hydroxylation is 3. The number of rotatable bonds is 7. The highest BCUT2D eigenvalue weighted by atomic mass is 32.2. The Balaban J connectivity index is 1.58. The second-order valence-corrected chi connectivity index (χ2v) is 6.90. The Labute approximate surface area is 162 Å². The number of aromatic nitrogens is 4. The Morgan fingerprint density at radius 2 is 1.85 bits per heavy atom. The number of carbonyl (C=O) groups excluding carboxylic acids is 1. The smallest absolute Gasteiger partial charge is 0.310 e. The standard InChI is InChI=1S/C19H22N4O3S/c1-12-5-7-15(8-6-12)25-9-10-26-17(24)11-16-13(2)20-18-21-19(27-4)22-23(18)14(16)3/h5-8H,9-11H2,1-4H3. The summed E-state index contributed by atoms with van der Waals surface area (Å²) in [7, 11) is 0. The van der Waals surface area contributed by atoms with E-state index in [0.29, 0.717) is 17.5 Å². The van der Waals surface area contributed by atoms with Crippen LogP contribution in [0.4, 0.5) is 0 Å². The van der Waals surface area contributed by atoms with E-state index in [1.165, 1.54) is 17.3 Å². The average molecular weight is 386 g/mol. The number of ether oxygens (including phenoxy) is 2. The Bertz CT molecular complexity index is 954. The van der Waals surface area contributed by atoms with Crippen LogP contribution in [0.1, 0.15) is 22.5 Å². The van der Waals surface area contributed by atoms with E-state index in [1.54, 1.807) is 4.52 Å². The second-order valence-electron chi connectivity index (χ2n) is 6.13. The second kappa shape index (κ2) is 8.39. The topological polar surface area (TPSA) is 78.6 Å². The number of benzene rings is 1. The summed E-state index contributed by atoms with van der Waals surface area (Å²) in [6, 6.07) is 7.74. The third-order valence-electron chi connectivity index (χ3n) is 4.17. The number of thioether (sulfide) groups is 1. The highest BCUT2D eigenvalue weighted by Crippen LogP contribution is 2.17. The molecule has 0 fully saturated rings. The van der Waals surface area contributed by atoms with E-state index in [9.17, 15) is 4.79 Å². The van der Waals surface area contributed by atoms with Gasteiger partial charge in [-0.25, -0.2) is 9.50 Å². The molecule has 7 nitrogen and oxygen atoms in total. The van der Waals surface area contributed by atoms with Crippen molar-refractivity contribution < 1.29 is 14.3 Å². The number of carbonyl (C=O) groups is 1. The first-order valence-corrected chi connectivity index (χ1v) is 9.82. The number of nitrogens with zero attached hydrogens (tertiary/aromatic N) is 4. The molecule has 3 aromatic rings. The fraction of sp³-hybridized carbons (Fsp3) is 0.368. The highest BCUT2D eigenvalue weighted by molar-refractivity contribution is 7.98. The molecule has 2 aromatic heterocycles. The Kier molecular flexibility index (Phi) is 5.95. The molecular weight excluding hydrogens is 364 g/mol. The number of fused-ring (bicyclic) bond motifs is 1. The number of esters is 1. The molecule has 0 amide bonds. The van der Waals surface area contributed by atoms with Crippen LogP contribution in [0.25, 0.3) is 5.78 Å². The van der Waals surface area contributed by atoms with Crippen LogP contribution in [0.15, 0.2) is 29.4 Å². The predicted octanol–water partition coefficient (Wildman–Crippen LogP) is 2.94. The van der Waals surface area contributed by atoms with Gasteiger partial charge in [-0.2, -0.15) is 4.98 Å². The van der Waals surface area contributed by atoms with E-state index in [4.69, 9.17) is 9.47 Å². The van der Waals surface area contributed by atoms with Crippen molar-refractivity contribution in [3.05, 3.63) is 46.8 Å². The zero-order valence-corrected chi connectivity index (χ0v) is 16.7. The molecule has 2 heterocycles. The van der Waals surface area contributed by atoms with E-state index < -0.39 is 0 Å². The van der Waals surface area contributed by atoms with Crippen LogP contribution in [0.3, 0.4) is 0 Å². The third-order valence-corrected chi connectivity index (χ3v) is 4.71. The minimum atomic E-state index is -0.319. The van der Waals surface area contributed by atoms with Crippen molar-refractivity contribution >= 4 is 23.5 Å². The minimum absolute atomic E-state index is 0.138. The Morgan fingerprint density at radius 1 is 1.11 bits per heavy atom. The van der Waals surface area contributed by atoms with Gasteiger partial charge in [0.25, 0.3) is 5.78 Å². The van der Waals surface area contributed by atoms with E-state index in [2.05, 4.69) is 15.1 Å². The van der Waals surface area contributed by atoms with E-state index in [1.807, 2.05) is 51.3 Å². The lowest BCUT2D eigenvalue weighted by molar-refractivity contribution is -0.143. The zero-order valence-electron chi connectivity index (χ0n) is 15.9. The summed E-state index contributed by atoms with van der Waals surface area (Å²) in [6.45, 7) is 6.29. The lowest BCUT2D eigenvalue weighted by Gasteiger charge is -2.11. The van der Waals surface area contributed by atoms with E-state index in [0.717, 1.165) is 22.7 Å². The quantitative estimate of drug-likeness (QED) is 0.351. The largest absolute Gasteiger partial charge is 0.490 e. The van der Waals surface area contributed by atoms with Crippen LogP contribution in [-0.2, 0) is 16.0 Å². The van der Waals surface area contributed by atoms with Crippen LogP contribution < -0.4 is 4.74 Å². The monoisotopic (exact) mass is 386 g/mol. The molecule has 0 saturated heterocycles. The van der Waals surface area contributed by atoms with Gasteiger partial charge < -0.3 is 9.47 Å². The third kappa shape index (κ3) is 4.57. The van der Waals surface area contributed by atoms with Crippen molar-refractivity contribution in [2.75, 3.05) is 19.5 Å². The van der Waals surface area contributed by atoms with Crippen molar-refractivity contribution in [1.29, 1.82) is 0 Å². The summed E-state index contributed by atoms with van der Waals surface area (Å²) >= 11 is 1.45. The van der Waals surface area contributed by atoms with Crippen molar-refractivity contribution in [2.45, 2.75) is 32.3 Å². The predicted molar refractivity (Wildman–Crippen MR) is 103 cm³/mol. The van der Waals surface area contributed by atoms with Gasteiger partial charge in [0.15, 0.2) is 0 Å². The first-order chi connectivity index (χ1) is 13.0. The maximum absolute atomic E-state index is 12.2. The van der Waals surface area contributed by atoms with Crippen molar-refractivity contribution in [3.8, 4) is 5.75 Å². The highest BCUT2D eigenvalue weighted by Gasteiger charge is 2.16. The van der Waals surface area contributed by atoms with Crippen LogP contribution in [0, 0.1) is 20.8 Å². The summed E-state index contributed by atoms with van der Waals surface area (Å²) in [4.78, 5) is 21.0. The van der Waals surface area contributed by atoms with Crippen molar-refractivity contribution in [3.63, 3.8) is 0 Å². The molecule has 0 spiro atoms. The average Bonchev–Trinajstić information content (AvgIpc) is 3.07. The lowest BCUT2D eigenvalue weighted by atomic mass is 10.1. The van der Waals surface area contributed by atoms with Crippen LogP contribution in [-0.4, -0.2) is 45.0 Å². The van der Waals surface area contributed by atoms with Gasteiger partial charge in [0.1, 0.15) is 19.0 Å². The van der Waals surface area contributed by atoms with E-state index >= 15 is 0 Å².